The summed E-state index contributed by atoms with van der Waals surface area (Å²) in [6, 6.07) is 4.23. The normalized spacial score (nSPS) is 14.5. The molecule has 0 radical (unpaired) electrons. The first-order valence-corrected chi connectivity index (χ1v) is 9.41. The first-order valence-electron chi connectivity index (χ1n) is 9.41. The van der Waals surface area contributed by atoms with E-state index in [1.165, 1.54) is 18.6 Å². The number of hydrogen-bond acceptors (Lipinski definition) is 8. The lowest BCUT2D eigenvalue weighted by Gasteiger charge is -2.17. The minimum atomic E-state index is -0.698. The second kappa shape index (κ2) is 8.97. The summed E-state index contributed by atoms with van der Waals surface area (Å²) in [5.74, 6) is 0.00105. The molecule has 152 valence electrons. The van der Waals surface area contributed by atoms with Crippen LogP contribution >= 0.6 is 0 Å². The summed E-state index contributed by atoms with van der Waals surface area (Å²) < 4.78 is 0. The van der Waals surface area contributed by atoms with Gasteiger partial charge in [0.15, 0.2) is 11.5 Å². The van der Waals surface area contributed by atoms with E-state index >= 15 is 0 Å². The number of carbonyl (C=O) groups excluding carboxylic acids is 2. The van der Waals surface area contributed by atoms with Crippen LogP contribution in [0, 0.1) is 28.6 Å². The molecule has 0 spiro atoms. The summed E-state index contributed by atoms with van der Waals surface area (Å²) in [7, 11) is 0. The maximum atomic E-state index is 12.2. The van der Waals surface area contributed by atoms with E-state index in [-0.39, 0.29) is 23.4 Å². The van der Waals surface area contributed by atoms with Crippen molar-refractivity contribution < 1.29 is 9.59 Å². The van der Waals surface area contributed by atoms with Crippen LogP contribution in [0.4, 0.5) is 11.5 Å². The molecule has 2 atom stereocenters. The largest absolute Gasteiger partial charge is 0.372 e. The van der Waals surface area contributed by atoms with E-state index in [9.17, 15) is 14.9 Å². The average Bonchev–Trinajstić information content (AvgIpc) is 3.59. The molecule has 2 heterocycles. The molecule has 2 aromatic rings. The molecule has 1 aliphatic carbocycles. The summed E-state index contributed by atoms with van der Waals surface area (Å²) in [5, 5.41) is 26.4. The van der Waals surface area contributed by atoms with Crippen LogP contribution in [0.15, 0.2) is 24.7 Å². The van der Waals surface area contributed by atoms with Gasteiger partial charge in [-0.25, -0.2) is 9.97 Å². The third-order valence-corrected chi connectivity index (χ3v) is 4.46. The zero-order valence-electron chi connectivity index (χ0n) is 16.5. The molecule has 0 aliphatic heterocycles. The number of nitriles is 2. The van der Waals surface area contributed by atoms with Gasteiger partial charge in [-0.1, -0.05) is 0 Å². The lowest BCUT2D eigenvalue weighted by molar-refractivity contribution is -0.121. The van der Waals surface area contributed by atoms with Gasteiger partial charge in [0, 0.05) is 17.7 Å². The van der Waals surface area contributed by atoms with Crippen molar-refractivity contribution in [2.24, 2.45) is 5.92 Å². The van der Waals surface area contributed by atoms with E-state index in [1.807, 2.05) is 12.1 Å². The predicted molar refractivity (Wildman–Crippen MR) is 108 cm³/mol. The molecule has 2 amide bonds. The molecule has 1 aliphatic rings. The van der Waals surface area contributed by atoms with Gasteiger partial charge in [-0.05, 0) is 32.8 Å². The Bertz CT molecular complexity index is 1030. The Kier molecular flexibility index (Phi) is 6.18. The van der Waals surface area contributed by atoms with E-state index in [2.05, 4.69) is 30.9 Å². The molecule has 30 heavy (non-hydrogen) atoms. The molecule has 10 heteroatoms. The van der Waals surface area contributed by atoms with Gasteiger partial charge in [0.2, 0.25) is 11.8 Å². The van der Waals surface area contributed by atoms with E-state index in [0.717, 1.165) is 12.8 Å². The molecule has 10 nitrogen and oxygen atoms in total. The summed E-state index contributed by atoms with van der Waals surface area (Å²) in [4.78, 5) is 36.6. The van der Waals surface area contributed by atoms with E-state index in [4.69, 9.17) is 5.26 Å². The van der Waals surface area contributed by atoms with Gasteiger partial charge >= 0.3 is 0 Å². The van der Waals surface area contributed by atoms with Crippen molar-refractivity contribution in [2.75, 3.05) is 10.6 Å². The third kappa shape index (κ3) is 5.06. The summed E-state index contributed by atoms with van der Waals surface area (Å²) >= 11 is 0. The average molecular weight is 404 g/mol. The molecule has 0 aromatic carbocycles. The number of rotatable bonds is 7. The second-order valence-electron chi connectivity index (χ2n) is 7.01. The summed E-state index contributed by atoms with van der Waals surface area (Å²) in [5.41, 5.74) is 1.56. The Hall–Kier alpha value is -4.05. The lowest BCUT2D eigenvalue weighted by atomic mass is 10.1. The summed E-state index contributed by atoms with van der Waals surface area (Å²) in [6.45, 7) is 3.19. The molecule has 0 bridgehead atoms. The van der Waals surface area contributed by atoms with Crippen molar-refractivity contribution >= 4 is 23.3 Å². The monoisotopic (exact) mass is 404 g/mol. The topological polar surface area (TPSA) is 156 Å². The fourth-order valence-electron chi connectivity index (χ4n) is 2.59. The smallest absolute Gasteiger partial charge is 0.243 e. The van der Waals surface area contributed by atoms with Crippen LogP contribution < -0.4 is 16.0 Å². The highest BCUT2D eigenvalue weighted by atomic mass is 16.2. The van der Waals surface area contributed by atoms with Crippen molar-refractivity contribution in [1.29, 1.82) is 10.5 Å². The highest BCUT2D eigenvalue weighted by Gasteiger charge is 2.29. The van der Waals surface area contributed by atoms with E-state index in [0.29, 0.717) is 22.8 Å². The van der Waals surface area contributed by atoms with Crippen molar-refractivity contribution in [1.82, 2.24) is 20.3 Å². The number of hydrogen-bond donors (Lipinski definition) is 3. The van der Waals surface area contributed by atoms with Gasteiger partial charge in [-0.15, -0.1) is 0 Å². The van der Waals surface area contributed by atoms with Crippen LogP contribution in [0.2, 0.25) is 0 Å². The molecule has 0 saturated heterocycles. The Labute approximate surface area is 173 Å². The first kappa shape index (κ1) is 20.7. The van der Waals surface area contributed by atoms with Crippen LogP contribution in [-0.2, 0) is 9.59 Å². The Balaban J connectivity index is 1.75. The number of carbonyl (C=O) groups is 2. The Morgan fingerprint density at radius 1 is 1.13 bits per heavy atom. The minimum Gasteiger partial charge on any atom is -0.372 e. The van der Waals surface area contributed by atoms with E-state index < -0.39 is 12.1 Å². The Morgan fingerprint density at radius 2 is 1.90 bits per heavy atom. The fraction of sp³-hybridized carbons (Fsp3) is 0.350. The zero-order chi connectivity index (χ0) is 21.7. The molecule has 1 saturated carbocycles. The SMILES string of the molecule is CC(C#N)NC(=O)C(C)Nc1cc(-c2cnc(NC(=O)C3CC3)cn2)cnc1C#N. The molecular weight excluding hydrogens is 384 g/mol. The molecular formula is C20H20N8O2. The minimum absolute atomic E-state index is 0.0541. The van der Waals surface area contributed by atoms with Gasteiger partial charge < -0.3 is 16.0 Å². The van der Waals surface area contributed by atoms with Crippen molar-refractivity contribution in [3.8, 4) is 23.4 Å². The predicted octanol–water partition coefficient (Wildman–Crippen LogP) is 1.59. The number of nitrogens with one attached hydrogen (secondary N) is 3. The highest BCUT2D eigenvalue weighted by molar-refractivity contribution is 5.93. The second-order valence-corrected chi connectivity index (χ2v) is 7.01. The first-order chi connectivity index (χ1) is 14.4. The molecule has 2 aromatic heterocycles. The molecule has 3 rings (SSSR count). The van der Waals surface area contributed by atoms with E-state index in [1.54, 1.807) is 19.9 Å². The standard InChI is InChI=1S/C20H20N8O2/c1-11(6-21)26-19(29)12(2)27-15-5-14(8-23-16(15)7-22)17-9-25-18(10-24-17)28-20(30)13-3-4-13/h5,8-13,27H,3-4H2,1-2H3,(H,26,29)(H,25,28,30). The van der Waals surface area contributed by atoms with Crippen LogP contribution in [-0.4, -0.2) is 38.8 Å². The van der Waals surface area contributed by atoms with Gasteiger partial charge in [0.25, 0.3) is 0 Å². The van der Waals surface area contributed by atoms with Crippen LogP contribution in [0.1, 0.15) is 32.4 Å². The van der Waals surface area contributed by atoms with Crippen LogP contribution in [0.25, 0.3) is 11.3 Å². The van der Waals surface area contributed by atoms with Gasteiger partial charge in [0.1, 0.15) is 18.2 Å². The third-order valence-electron chi connectivity index (χ3n) is 4.46. The van der Waals surface area contributed by atoms with Crippen LogP contribution in [0.3, 0.4) is 0 Å². The van der Waals surface area contributed by atoms with Gasteiger partial charge in [-0.2, -0.15) is 10.5 Å². The molecule has 1 fully saturated rings. The van der Waals surface area contributed by atoms with Crippen molar-refractivity contribution in [3.63, 3.8) is 0 Å². The quantitative estimate of drug-likeness (QED) is 0.628. The van der Waals surface area contributed by atoms with Crippen molar-refractivity contribution in [2.45, 2.75) is 38.8 Å². The number of nitrogens with zero attached hydrogens (tertiary/aromatic N) is 5. The number of amides is 2. The van der Waals surface area contributed by atoms with Crippen molar-refractivity contribution in [3.05, 3.63) is 30.4 Å². The number of pyridine rings is 1. The lowest BCUT2D eigenvalue weighted by Crippen LogP contribution is -2.41. The summed E-state index contributed by atoms with van der Waals surface area (Å²) in [6.07, 6.45) is 6.24. The maximum absolute atomic E-state index is 12.2. The highest BCUT2D eigenvalue weighted by Crippen LogP contribution is 2.30. The molecule has 3 N–H and O–H groups in total. The van der Waals surface area contributed by atoms with Gasteiger partial charge in [0.05, 0.1) is 29.8 Å². The zero-order valence-corrected chi connectivity index (χ0v) is 16.5. The van der Waals surface area contributed by atoms with Crippen LogP contribution in [0.5, 0.6) is 0 Å². The Morgan fingerprint density at radius 3 is 2.50 bits per heavy atom. The fourth-order valence-corrected chi connectivity index (χ4v) is 2.59. The maximum Gasteiger partial charge on any atom is 0.243 e. The molecule has 2 unspecified atom stereocenters. The van der Waals surface area contributed by atoms with Gasteiger partial charge in [-0.3, -0.25) is 14.6 Å². The number of aromatic nitrogens is 3. The number of anilines is 2.